The largest absolute Gasteiger partial charge is 0.377 e. The molecule has 0 saturated heterocycles. The van der Waals surface area contributed by atoms with Crippen LogP contribution in [0.1, 0.15) is 12.5 Å². The molecule has 0 spiro atoms. The standard InChI is InChI=1S/C17H21N3O/c1-12-10-13(8-9-15(12)17(21)19-18)11-14-6-4-5-7-16(14)20(2)3/h4-11,15H,18H2,1-3H3,(H,19,21)/b13-11-. The Labute approximate surface area is 125 Å². The number of amides is 1. The number of rotatable bonds is 3. The van der Waals surface area contributed by atoms with Crippen LogP contribution in [-0.4, -0.2) is 20.0 Å². The summed E-state index contributed by atoms with van der Waals surface area (Å²) in [7, 11) is 4.05. The van der Waals surface area contributed by atoms with Gasteiger partial charge in [-0.25, -0.2) is 5.84 Å². The highest BCUT2D eigenvalue weighted by molar-refractivity contribution is 5.84. The van der Waals surface area contributed by atoms with E-state index in [0.717, 1.165) is 22.4 Å². The molecule has 1 amide bonds. The van der Waals surface area contributed by atoms with Gasteiger partial charge in [0.2, 0.25) is 5.91 Å². The van der Waals surface area contributed by atoms with Crippen molar-refractivity contribution in [2.45, 2.75) is 6.92 Å². The highest BCUT2D eigenvalue weighted by Gasteiger charge is 2.19. The molecule has 1 aromatic rings. The van der Waals surface area contributed by atoms with Crippen LogP contribution in [0.3, 0.4) is 0 Å². The second kappa shape index (κ2) is 6.41. The Morgan fingerprint density at radius 3 is 2.67 bits per heavy atom. The summed E-state index contributed by atoms with van der Waals surface area (Å²) in [6.07, 6.45) is 7.97. The number of carbonyl (C=O) groups is 1. The lowest BCUT2D eigenvalue weighted by atomic mass is 9.91. The fraction of sp³-hybridized carbons (Fsp3) is 0.235. The predicted molar refractivity (Wildman–Crippen MR) is 87.5 cm³/mol. The number of carbonyl (C=O) groups excluding carboxylic acids is 1. The number of nitrogens with zero attached hydrogens (tertiary/aromatic N) is 1. The number of hydrogen-bond donors (Lipinski definition) is 2. The van der Waals surface area contributed by atoms with Crippen molar-refractivity contribution in [2.24, 2.45) is 11.8 Å². The fourth-order valence-electron chi connectivity index (χ4n) is 2.43. The van der Waals surface area contributed by atoms with E-state index in [1.54, 1.807) is 0 Å². The van der Waals surface area contributed by atoms with E-state index in [9.17, 15) is 4.79 Å². The number of nitrogens with two attached hydrogens (primary N) is 1. The van der Waals surface area contributed by atoms with E-state index in [0.29, 0.717) is 0 Å². The van der Waals surface area contributed by atoms with Gasteiger partial charge in [-0.1, -0.05) is 42.0 Å². The van der Waals surface area contributed by atoms with Crippen molar-refractivity contribution in [1.82, 2.24) is 5.43 Å². The first-order chi connectivity index (χ1) is 10.0. The SMILES string of the molecule is CC1=C/C(=C\c2ccccc2N(C)C)C=CC1C(=O)NN. The molecule has 0 radical (unpaired) electrons. The van der Waals surface area contributed by atoms with E-state index >= 15 is 0 Å². The van der Waals surface area contributed by atoms with Crippen molar-refractivity contribution >= 4 is 17.7 Å². The summed E-state index contributed by atoms with van der Waals surface area (Å²) >= 11 is 0. The van der Waals surface area contributed by atoms with Crippen LogP contribution in [0.15, 0.2) is 53.6 Å². The number of nitrogens with one attached hydrogen (secondary N) is 1. The maximum atomic E-state index is 11.6. The van der Waals surface area contributed by atoms with Gasteiger partial charge < -0.3 is 4.90 Å². The molecule has 0 heterocycles. The fourth-order valence-corrected chi connectivity index (χ4v) is 2.43. The number of benzene rings is 1. The minimum Gasteiger partial charge on any atom is -0.377 e. The van der Waals surface area contributed by atoms with Gasteiger partial charge in [0.25, 0.3) is 0 Å². The molecule has 0 bridgehead atoms. The average Bonchev–Trinajstić information content (AvgIpc) is 2.47. The van der Waals surface area contributed by atoms with Gasteiger partial charge in [-0.3, -0.25) is 10.2 Å². The van der Waals surface area contributed by atoms with Crippen LogP contribution in [-0.2, 0) is 4.79 Å². The molecule has 0 saturated carbocycles. The molecule has 110 valence electrons. The number of anilines is 1. The van der Waals surface area contributed by atoms with Crippen LogP contribution >= 0.6 is 0 Å². The number of allylic oxidation sites excluding steroid dienone is 3. The monoisotopic (exact) mass is 283 g/mol. The quantitative estimate of drug-likeness (QED) is 0.508. The zero-order valence-corrected chi connectivity index (χ0v) is 12.6. The molecule has 4 heteroatoms. The van der Waals surface area contributed by atoms with E-state index in [4.69, 9.17) is 5.84 Å². The molecule has 0 aliphatic heterocycles. The van der Waals surface area contributed by atoms with Crippen molar-refractivity contribution in [2.75, 3.05) is 19.0 Å². The van der Waals surface area contributed by atoms with E-state index in [-0.39, 0.29) is 11.8 Å². The molecule has 3 N–H and O–H groups in total. The molecular formula is C17H21N3O. The summed E-state index contributed by atoms with van der Waals surface area (Å²) < 4.78 is 0. The minimum absolute atomic E-state index is 0.187. The summed E-state index contributed by atoms with van der Waals surface area (Å²) in [5, 5.41) is 0. The normalized spacial score (nSPS) is 19.3. The van der Waals surface area contributed by atoms with Crippen molar-refractivity contribution < 1.29 is 4.79 Å². The van der Waals surface area contributed by atoms with E-state index in [2.05, 4.69) is 28.5 Å². The highest BCUT2D eigenvalue weighted by atomic mass is 16.2. The Morgan fingerprint density at radius 2 is 2.05 bits per heavy atom. The Morgan fingerprint density at radius 1 is 1.33 bits per heavy atom. The third-order valence-electron chi connectivity index (χ3n) is 3.53. The topological polar surface area (TPSA) is 58.4 Å². The first-order valence-corrected chi connectivity index (χ1v) is 6.88. The Kier molecular flexibility index (Phi) is 4.60. The van der Waals surface area contributed by atoms with Gasteiger partial charge >= 0.3 is 0 Å². The zero-order valence-electron chi connectivity index (χ0n) is 12.6. The van der Waals surface area contributed by atoms with Crippen LogP contribution in [0.5, 0.6) is 0 Å². The first kappa shape index (κ1) is 15.1. The maximum absolute atomic E-state index is 11.6. The van der Waals surface area contributed by atoms with Crippen molar-refractivity contribution in [3.63, 3.8) is 0 Å². The summed E-state index contributed by atoms with van der Waals surface area (Å²) in [4.78, 5) is 13.7. The van der Waals surface area contributed by atoms with Gasteiger partial charge in [0.1, 0.15) is 0 Å². The number of hydrogen-bond acceptors (Lipinski definition) is 3. The molecule has 1 aliphatic carbocycles. The third kappa shape index (κ3) is 3.41. The van der Waals surface area contributed by atoms with Crippen LogP contribution in [0.25, 0.3) is 6.08 Å². The number of para-hydroxylation sites is 1. The molecule has 1 atom stereocenters. The molecule has 1 aliphatic rings. The maximum Gasteiger partial charge on any atom is 0.244 e. The van der Waals surface area contributed by atoms with E-state index in [1.165, 1.54) is 0 Å². The van der Waals surface area contributed by atoms with Crippen LogP contribution in [0, 0.1) is 5.92 Å². The summed E-state index contributed by atoms with van der Waals surface area (Å²) in [5.41, 5.74) is 6.55. The second-order valence-corrected chi connectivity index (χ2v) is 5.33. The molecule has 0 aromatic heterocycles. The van der Waals surface area contributed by atoms with Crippen LogP contribution in [0.2, 0.25) is 0 Å². The van der Waals surface area contributed by atoms with Crippen LogP contribution < -0.4 is 16.2 Å². The Bertz CT molecular complexity index is 627. The smallest absolute Gasteiger partial charge is 0.244 e. The van der Waals surface area contributed by atoms with Gasteiger partial charge in [0.15, 0.2) is 0 Å². The molecule has 4 nitrogen and oxygen atoms in total. The van der Waals surface area contributed by atoms with Gasteiger partial charge in [-0.05, 0) is 30.2 Å². The predicted octanol–water partition coefficient (Wildman–Crippen LogP) is 2.26. The van der Waals surface area contributed by atoms with Crippen molar-refractivity contribution in [3.05, 3.63) is 59.2 Å². The lowest BCUT2D eigenvalue weighted by Gasteiger charge is -2.18. The van der Waals surface area contributed by atoms with Gasteiger partial charge in [-0.2, -0.15) is 0 Å². The van der Waals surface area contributed by atoms with Gasteiger partial charge in [0, 0.05) is 19.8 Å². The lowest BCUT2D eigenvalue weighted by molar-refractivity contribution is -0.122. The summed E-state index contributed by atoms with van der Waals surface area (Å²) in [6, 6.07) is 8.21. The Balaban J connectivity index is 2.31. The van der Waals surface area contributed by atoms with E-state index in [1.807, 2.05) is 51.4 Å². The van der Waals surface area contributed by atoms with E-state index < -0.39 is 0 Å². The molecule has 1 unspecified atom stereocenters. The zero-order chi connectivity index (χ0) is 15.4. The summed E-state index contributed by atoms with van der Waals surface area (Å²) in [5.74, 6) is 4.73. The minimum atomic E-state index is -0.281. The third-order valence-corrected chi connectivity index (χ3v) is 3.53. The van der Waals surface area contributed by atoms with Crippen molar-refractivity contribution in [3.8, 4) is 0 Å². The Hall–Kier alpha value is -2.33. The highest BCUT2D eigenvalue weighted by Crippen LogP contribution is 2.26. The van der Waals surface area contributed by atoms with Crippen LogP contribution in [0.4, 0.5) is 5.69 Å². The lowest BCUT2D eigenvalue weighted by Crippen LogP contribution is -2.36. The number of hydrazine groups is 1. The summed E-state index contributed by atoms with van der Waals surface area (Å²) in [6.45, 7) is 1.94. The van der Waals surface area contributed by atoms with Crippen molar-refractivity contribution in [1.29, 1.82) is 0 Å². The molecule has 2 rings (SSSR count). The molecule has 21 heavy (non-hydrogen) atoms. The molecule has 0 fully saturated rings. The van der Waals surface area contributed by atoms with Gasteiger partial charge in [0.05, 0.1) is 5.92 Å². The molecular weight excluding hydrogens is 262 g/mol. The molecule has 1 aromatic carbocycles. The van der Waals surface area contributed by atoms with Gasteiger partial charge in [-0.15, -0.1) is 0 Å². The first-order valence-electron chi connectivity index (χ1n) is 6.88. The average molecular weight is 283 g/mol. The second-order valence-electron chi connectivity index (χ2n) is 5.33.